The average molecular weight is 310 g/mol. The summed E-state index contributed by atoms with van der Waals surface area (Å²) in [6.07, 6.45) is 5.29. The third-order valence-corrected chi connectivity index (χ3v) is 4.25. The zero-order chi connectivity index (χ0) is 15.6. The van der Waals surface area contributed by atoms with E-state index in [1.165, 1.54) is 0 Å². The molecule has 1 aromatic carbocycles. The molecular formula is C16H18N6O. The Morgan fingerprint density at radius 3 is 2.91 bits per heavy atom. The van der Waals surface area contributed by atoms with E-state index >= 15 is 0 Å². The van der Waals surface area contributed by atoms with Gasteiger partial charge < -0.3 is 10.4 Å². The molecule has 4 rings (SSSR count). The lowest BCUT2D eigenvalue weighted by Crippen LogP contribution is -2.36. The maximum atomic E-state index is 10.1. The van der Waals surface area contributed by atoms with Gasteiger partial charge in [-0.05, 0) is 25.0 Å². The number of fused-ring (bicyclic) bond motifs is 1. The molecule has 118 valence electrons. The molecule has 0 unspecified atom stereocenters. The molecule has 1 saturated carbocycles. The minimum atomic E-state index is -0.344. The molecule has 2 N–H and O–H groups in total. The third-order valence-electron chi connectivity index (χ3n) is 4.25. The summed E-state index contributed by atoms with van der Waals surface area (Å²) >= 11 is 0. The minimum absolute atomic E-state index is 0.00601. The number of nitrogens with zero attached hydrogens (tertiary/aromatic N) is 5. The highest BCUT2D eigenvalue weighted by atomic mass is 16.3. The molecule has 0 aliphatic heterocycles. The van der Waals surface area contributed by atoms with Crippen LogP contribution in [0.15, 0.2) is 36.5 Å². The molecule has 1 aliphatic carbocycles. The summed E-state index contributed by atoms with van der Waals surface area (Å²) in [6.45, 7) is 0. The van der Waals surface area contributed by atoms with Crippen LogP contribution in [0.2, 0.25) is 0 Å². The molecule has 7 nitrogen and oxygen atoms in total. The lowest BCUT2D eigenvalue weighted by molar-refractivity contribution is 0.116. The second-order valence-corrected chi connectivity index (χ2v) is 5.83. The van der Waals surface area contributed by atoms with Crippen molar-refractivity contribution in [3.63, 3.8) is 0 Å². The average Bonchev–Trinajstić information content (AvgIpc) is 3.01. The summed E-state index contributed by atoms with van der Waals surface area (Å²) < 4.78 is 1.69. The predicted molar refractivity (Wildman–Crippen MR) is 86.3 cm³/mol. The molecule has 3 aromatic rings. The summed E-state index contributed by atoms with van der Waals surface area (Å²) in [5.41, 5.74) is 1.72. The van der Waals surface area contributed by atoms with E-state index < -0.39 is 0 Å². The van der Waals surface area contributed by atoms with Crippen molar-refractivity contribution in [2.75, 3.05) is 5.32 Å². The summed E-state index contributed by atoms with van der Waals surface area (Å²) in [5.74, 6) is 1.16. The molecule has 23 heavy (non-hydrogen) atoms. The SMILES string of the molecule is O[C@@H]1CCCC[C@H]1Nc1nccc(-n2nnc3ccccc32)n1. The van der Waals surface area contributed by atoms with Crippen LogP contribution in [0.4, 0.5) is 5.95 Å². The van der Waals surface area contributed by atoms with Gasteiger partial charge in [-0.2, -0.15) is 9.67 Å². The molecule has 0 radical (unpaired) electrons. The Kier molecular flexibility index (Phi) is 3.63. The van der Waals surface area contributed by atoms with Gasteiger partial charge in [-0.3, -0.25) is 0 Å². The van der Waals surface area contributed by atoms with E-state index in [-0.39, 0.29) is 12.1 Å². The van der Waals surface area contributed by atoms with Crippen LogP contribution in [0, 0.1) is 0 Å². The van der Waals surface area contributed by atoms with Crippen molar-refractivity contribution in [3.8, 4) is 5.82 Å². The number of para-hydroxylation sites is 1. The molecule has 2 atom stereocenters. The molecular weight excluding hydrogens is 292 g/mol. The van der Waals surface area contributed by atoms with Crippen molar-refractivity contribution in [1.82, 2.24) is 25.0 Å². The van der Waals surface area contributed by atoms with Crippen molar-refractivity contribution >= 4 is 17.0 Å². The fraction of sp³-hybridized carbons (Fsp3) is 0.375. The topological polar surface area (TPSA) is 88.8 Å². The normalized spacial score (nSPS) is 21.4. The van der Waals surface area contributed by atoms with Crippen LogP contribution in [-0.2, 0) is 0 Å². The van der Waals surface area contributed by atoms with Gasteiger partial charge in [0.2, 0.25) is 5.95 Å². The Hall–Kier alpha value is -2.54. The number of hydrogen-bond acceptors (Lipinski definition) is 6. The van der Waals surface area contributed by atoms with Crippen molar-refractivity contribution in [3.05, 3.63) is 36.5 Å². The summed E-state index contributed by atoms with van der Waals surface area (Å²) in [7, 11) is 0. The first-order chi connectivity index (χ1) is 11.3. The van der Waals surface area contributed by atoms with Crippen molar-refractivity contribution in [2.24, 2.45) is 0 Å². The first-order valence-corrected chi connectivity index (χ1v) is 7.90. The maximum absolute atomic E-state index is 10.1. The number of aliphatic hydroxyl groups excluding tert-OH is 1. The van der Waals surface area contributed by atoms with E-state index in [9.17, 15) is 5.11 Å². The molecule has 2 heterocycles. The molecule has 0 saturated heterocycles. The lowest BCUT2D eigenvalue weighted by atomic mass is 9.93. The second kappa shape index (κ2) is 5.92. The van der Waals surface area contributed by atoms with Gasteiger partial charge in [0.1, 0.15) is 5.52 Å². The Morgan fingerprint density at radius 1 is 1.13 bits per heavy atom. The zero-order valence-electron chi connectivity index (χ0n) is 12.6. The van der Waals surface area contributed by atoms with Crippen LogP contribution in [0.1, 0.15) is 25.7 Å². The van der Waals surface area contributed by atoms with Crippen molar-refractivity contribution in [1.29, 1.82) is 0 Å². The highest BCUT2D eigenvalue weighted by Crippen LogP contribution is 2.21. The molecule has 0 spiro atoms. The molecule has 1 aliphatic rings. The van der Waals surface area contributed by atoms with Crippen LogP contribution < -0.4 is 5.32 Å². The van der Waals surface area contributed by atoms with Crippen molar-refractivity contribution in [2.45, 2.75) is 37.8 Å². The van der Waals surface area contributed by atoms with Gasteiger partial charge in [-0.25, -0.2) is 4.98 Å². The quantitative estimate of drug-likeness (QED) is 0.768. The van der Waals surface area contributed by atoms with E-state index in [0.717, 1.165) is 36.7 Å². The monoisotopic (exact) mass is 310 g/mol. The second-order valence-electron chi connectivity index (χ2n) is 5.83. The Balaban J connectivity index is 1.63. The number of benzene rings is 1. The number of aromatic nitrogens is 5. The van der Waals surface area contributed by atoms with Gasteiger partial charge in [0.15, 0.2) is 5.82 Å². The van der Waals surface area contributed by atoms with Gasteiger partial charge in [0.25, 0.3) is 0 Å². The maximum Gasteiger partial charge on any atom is 0.224 e. The van der Waals surface area contributed by atoms with Crippen LogP contribution in [0.5, 0.6) is 0 Å². The first-order valence-electron chi connectivity index (χ1n) is 7.90. The van der Waals surface area contributed by atoms with E-state index in [0.29, 0.717) is 11.8 Å². The van der Waals surface area contributed by atoms with Gasteiger partial charge in [0, 0.05) is 12.3 Å². The van der Waals surface area contributed by atoms with Gasteiger partial charge in [-0.1, -0.05) is 30.2 Å². The number of anilines is 1. The molecule has 0 bridgehead atoms. The molecule has 2 aromatic heterocycles. The number of rotatable bonds is 3. The molecule has 0 amide bonds. The summed E-state index contributed by atoms with van der Waals surface area (Å²) in [4.78, 5) is 8.78. The van der Waals surface area contributed by atoms with Crippen LogP contribution in [-0.4, -0.2) is 42.2 Å². The molecule has 7 heteroatoms. The predicted octanol–water partition coefficient (Wildman–Crippen LogP) is 1.93. The smallest absolute Gasteiger partial charge is 0.224 e. The Labute approximate surface area is 133 Å². The first kappa shape index (κ1) is 14.1. The van der Waals surface area contributed by atoms with Crippen molar-refractivity contribution < 1.29 is 5.11 Å². The molecule has 1 fully saturated rings. The summed E-state index contributed by atoms with van der Waals surface area (Å²) in [6, 6.07) is 9.54. The van der Waals surface area contributed by atoms with Crippen LogP contribution in [0.3, 0.4) is 0 Å². The standard InChI is InChI=1S/C16H18N6O/c23-14-8-4-2-6-12(14)18-16-17-10-9-15(19-16)22-13-7-3-1-5-11(13)20-21-22/h1,3,5,7,9-10,12,14,23H,2,4,6,8H2,(H,17,18,19)/t12-,14-/m1/s1. The Bertz CT molecular complexity index is 817. The zero-order valence-corrected chi connectivity index (χ0v) is 12.6. The fourth-order valence-electron chi connectivity index (χ4n) is 3.02. The number of nitrogens with one attached hydrogen (secondary N) is 1. The van der Waals surface area contributed by atoms with Crippen LogP contribution in [0.25, 0.3) is 16.9 Å². The minimum Gasteiger partial charge on any atom is -0.391 e. The fourth-order valence-corrected chi connectivity index (χ4v) is 3.02. The van der Waals surface area contributed by atoms with Gasteiger partial charge in [0.05, 0.1) is 17.7 Å². The Morgan fingerprint density at radius 2 is 2.00 bits per heavy atom. The van der Waals surface area contributed by atoms with E-state index in [1.54, 1.807) is 16.9 Å². The number of hydrogen-bond donors (Lipinski definition) is 2. The largest absolute Gasteiger partial charge is 0.391 e. The highest BCUT2D eigenvalue weighted by molar-refractivity contribution is 5.75. The van der Waals surface area contributed by atoms with E-state index in [4.69, 9.17) is 0 Å². The van der Waals surface area contributed by atoms with Gasteiger partial charge in [-0.15, -0.1) is 5.10 Å². The van der Waals surface area contributed by atoms with E-state index in [2.05, 4.69) is 25.6 Å². The highest BCUT2D eigenvalue weighted by Gasteiger charge is 2.23. The van der Waals surface area contributed by atoms with Gasteiger partial charge >= 0.3 is 0 Å². The summed E-state index contributed by atoms with van der Waals surface area (Å²) in [5, 5.41) is 21.6. The lowest BCUT2D eigenvalue weighted by Gasteiger charge is -2.28. The third kappa shape index (κ3) is 2.75. The number of aliphatic hydroxyl groups is 1. The van der Waals surface area contributed by atoms with E-state index in [1.807, 2.05) is 24.3 Å². The van der Waals surface area contributed by atoms with Crippen LogP contribution >= 0.6 is 0 Å².